The van der Waals surface area contributed by atoms with E-state index in [-0.39, 0.29) is 6.61 Å². The second-order valence-corrected chi connectivity index (χ2v) is 4.47. The Hall–Kier alpha value is -1.49. The summed E-state index contributed by atoms with van der Waals surface area (Å²) in [6.07, 6.45) is 0.488. The molecule has 1 aliphatic rings. The highest BCUT2D eigenvalue weighted by molar-refractivity contribution is 5.64. The third-order valence-corrected chi connectivity index (χ3v) is 2.98. The maximum Gasteiger partial charge on any atom is 0.404 e. The quantitative estimate of drug-likeness (QED) is 0.738. The first-order valence-corrected chi connectivity index (χ1v) is 5.88. The Balaban J connectivity index is 1.65. The van der Waals surface area contributed by atoms with Crippen LogP contribution in [0.3, 0.4) is 0 Å². The minimum atomic E-state index is -0.741. The molecule has 0 aliphatic heterocycles. The average Bonchev–Trinajstić information content (AvgIpc) is 2.83. The Morgan fingerprint density at radius 1 is 1.65 bits per heavy atom. The fraction of sp³-hybridized carbons (Fsp3) is 0.583. The Morgan fingerprint density at radius 2 is 2.41 bits per heavy atom. The van der Waals surface area contributed by atoms with Gasteiger partial charge < -0.3 is 20.2 Å². The van der Waals surface area contributed by atoms with Gasteiger partial charge >= 0.3 is 6.09 Å². The molecule has 2 unspecified atom stereocenters. The molecular weight excluding hydrogens is 220 g/mol. The summed E-state index contributed by atoms with van der Waals surface area (Å²) in [6, 6.07) is 4.04. The van der Waals surface area contributed by atoms with Crippen molar-refractivity contribution >= 4 is 6.09 Å². The van der Waals surface area contributed by atoms with Crippen LogP contribution in [0.15, 0.2) is 16.5 Å². The molecule has 0 bridgehead atoms. The zero-order valence-electron chi connectivity index (χ0n) is 9.94. The van der Waals surface area contributed by atoms with Crippen LogP contribution >= 0.6 is 0 Å². The zero-order valence-corrected chi connectivity index (χ0v) is 9.94. The summed E-state index contributed by atoms with van der Waals surface area (Å²) in [4.78, 5) is 10.3. The number of hydrogen-bond donors (Lipinski definition) is 2. The van der Waals surface area contributed by atoms with Gasteiger partial charge in [0.15, 0.2) is 0 Å². The van der Waals surface area contributed by atoms with Crippen molar-refractivity contribution in [2.45, 2.75) is 25.8 Å². The van der Waals surface area contributed by atoms with E-state index >= 15 is 0 Å². The lowest BCUT2D eigenvalue weighted by Crippen LogP contribution is -2.23. The monoisotopic (exact) mass is 238 g/mol. The first-order valence-electron chi connectivity index (χ1n) is 5.88. The first-order chi connectivity index (χ1) is 8.16. The Morgan fingerprint density at radius 3 is 3.06 bits per heavy atom. The Bertz CT molecular complexity index is 389. The van der Waals surface area contributed by atoms with Crippen LogP contribution in [0.2, 0.25) is 0 Å². The normalized spacial score (nSPS) is 22.4. The summed E-state index contributed by atoms with van der Waals surface area (Å²) >= 11 is 0. The third kappa shape index (κ3) is 3.49. The van der Waals surface area contributed by atoms with Crippen LogP contribution in [0.25, 0.3) is 0 Å². The van der Waals surface area contributed by atoms with Gasteiger partial charge in [-0.05, 0) is 24.5 Å². The number of hydrogen-bond acceptors (Lipinski definition) is 4. The molecule has 1 heterocycles. The highest BCUT2D eigenvalue weighted by Crippen LogP contribution is 2.47. The smallest absolute Gasteiger partial charge is 0.404 e. The summed E-state index contributed by atoms with van der Waals surface area (Å²) in [5.74, 6) is 3.37. The van der Waals surface area contributed by atoms with Crippen molar-refractivity contribution in [3.8, 4) is 0 Å². The summed E-state index contributed by atoms with van der Waals surface area (Å²) in [7, 11) is 0. The van der Waals surface area contributed by atoms with E-state index in [2.05, 4.69) is 17.0 Å². The van der Waals surface area contributed by atoms with Gasteiger partial charge in [0.25, 0.3) is 0 Å². The van der Waals surface area contributed by atoms with Gasteiger partial charge in [-0.3, -0.25) is 0 Å². The molecule has 2 atom stereocenters. The third-order valence-electron chi connectivity index (χ3n) is 2.98. The van der Waals surface area contributed by atoms with Gasteiger partial charge in [-0.1, -0.05) is 6.92 Å². The first kappa shape index (κ1) is 12.0. The molecule has 0 spiro atoms. The summed E-state index contributed by atoms with van der Waals surface area (Å²) in [6.45, 7) is 3.72. The molecule has 1 aliphatic carbocycles. The van der Waals surface area contributed by atoms with Crippen molar-refractivity contribution < 1.29 is 13.9 Å². The van der Waals surface area contributed by atoms with Crippen LogP contribution in [0.4, 0.5) is 4.79 Å². The minimum absolute atomic E-state index is 0.280. The SMILES string of the molecule is CC1CC1c1ccc(CNCCOC(N)=O)o1. The lowest BCUT2D eigenvalue weighted by Gasteiger charge is -2.02. The molecule has 2 rings (SSSR count). The van der Waals surface area contributed by atoms with Crippen LogP contribution in [-0.4, -0.2) is 19.2 Å². The number of primary amides is 1. The van der Waals surface area contributed by atoms with E-state index in [1.807, 2.05) is 12.1 Å². The van der Waals surface area contributed by atoms with E-state index in [1.54, 1.807) is 0 Å². The average molecular weight is 238 g/mol. The molecule has 5 nitrogen and oxygen atoms in total. The maximum atomic E-state index is 10.3. The number of carbonyl (C=O) groups is 1. The molecule has 94 valence electrons. The highest BCUT2D eigenvalue weighted by Gasteiger charge is 2.36. The Labute approximate surface area is 100 Å². The van der Waals surface area contributed by atoms with Crippen molar-refractivity contribution in [1.82, 2.24) is 5.32 Å². The van der Waals surface area contributed by atoms with Crippen molar-refractivity contribution in [3.05, 3.63) is 23.7 Å². The number of nitrogens with two attached hydrogens (primary N) is 1. The van der Waals surface area contributed by atoms with Crippen LogP contribution in [0.1, 0.15) is 30.8 Å². The van der Waals surface area contributed by atoms with Crippen LogP contribution in [0.5, 0.6) is 0 Å². The number of furan rings is 1. The Kier molecular flexibility index (Phi) is 3.68. The molecule has 0 aromatic carbocycles. The number of ether oxygens (including phenoxy) is 1. The molecule has 0 saturated heterocycles. The fourth-order valence-corrected chi connectivity index (χ4v) is 1.84. The maximum absolute atomic E-state index is 10.3. The minimum Gasteiger partial charge on any atom is -0.464 e. The number of rotatable bonds is 6. The van der Waals surface area contributed by atoms with E-state index in [4.69, 9.17) is 10.2 Å². The summed E-state index contributed by atoms with van der Waals surface area (Å²) < 4.78 is 10.3. The van der Waals surface area contributed by atoms with E-state index < -0.39 is 6.09 Å². The van der Waals surface area contributed by atoms with Crippen LogP contribution in [0, 0.1) is 5.92 Å². The number of carbonyl (C=O) groups excluding carboxylic acids is 1. The van der Waals surface area contributed by atoms with Gasteiger partial charge in [0.05, 0.1) is 6.54 Å². The van der Waals surface area contributed by atoms with Gasteiger partial charge in [-0.15, -0.1) is 0 Å². The van der Waals surface area contributed by atoms with Crippen molar-refractivity contribution in [2.24, 2.45) is 11.7 Å². The van der Waals surface area contributed by atoms with Crippen LogP contribution in [-0.2, 0) is 11.3 Å². The van der Waals surface area contributed by atoms with Gasteiger partial charge in [0, 0.05) is 12.5 Å². The predicted molar refractivity (Wildman–Crippen MR) is 62.5 cm³/mol. The van der Waals surface area contributed by atoms with Crippen molar-refractivity contribution in [2.75, 3.05) is 13.2 Å². The largest absolute Gasteiger partial charge is 0.464 e. The van der Waals surface area contributed by atoms with Crippen molar-refractivity contribution in [3.63, 3.8) is 0 Å². The molecular formula is C12H18N2O3. The summed E-state index contributed by atoms with van der Waals surface area (Å²) in [5.41, 5.74) is 4.83. The van der Waals surface area contributed by atoms with E-state index in [1.165, 1.54) is 6.42 Å². The van der Waals surface area contributed by atoms with Gasteiger partial charge in [0.2, 0.25) is 0 Å². The van der Waals surface area contributed by atoms with Gasteiger partial charge in [-0.25, -0.2) is 4.79 Å². The second-order valence-electron chi connectivity index (χ2n) is 4.47. The number of amides is 1. The molecule has 1 aromatic heterocycles. The van der Waals surface area contributed by atoms with Crippen LogP contribution < -0.4 is 11.1 Å². The second kappa shape index (κ2) is 5.23. The zero-order chi connectivity index (χ0) is 12.3. The van der Waals surface area contributed by atoms with Gasteiger partial charge in [-0.2, -0.15) is 0 Å². The molecule has 1 saturated carbocycles. The molecule has 3 N–H and O–H groups in total. The lowest BCUT2D eigenvalue weighted by atomic mass is 10.3. The standard InChI is InChI=1S/C12H18N2O3/c1-8-6-10(8)11-3-2-9(17-11)7-14-4-5-16-12(13)15/h2-3,8,10,14H,4-7H2,1H3,(H2,13,15). The molecule has 5 heteroatoms. The molecule has 1 fully saturated rings. The van der Waals surface area contributed by atoms with E-state index in [0.717, 1.165) is 17.4 Å². The topological polar surface area (TPSA) is 77.5 Å². The molecule has 1 amide bonds. The summed E-state index contributed by atoms with van der Waals surface area (Å²) in [5, 5.41) is 3.11. The lowest BCUT2D eigenvalue weighted by molar-refractivity contribution is 0.157. The van der Waals surface area contributed by atoms with Crippen molar-refractivity contribution in [1.29, 1.82) is 0 Å². The highest BCUT2D eigenvalue weighted by atomic mass is 16.5. The molecule has 17 heavy (non-hydrogen) atoms. The van der Waals surface area contributed by atoms with E-state index in [0.29, 0.717) is 19.0 Å². The van der Waals surface area contributed by atoms with Gasteiger partial charge in [0.1, 0.15) is 18.1 Å². The molecule has 1 aromatic rings. The molecule has 0 radical (unpaired) electrons. The van der Waals surface area contributed by atoms with E-state index in [9.17, 15) is 4.79 Å². The predicted octanol–water partition coefficient (Wildman–Crippen LogP) is 1.59. The number of nitrogens with one attached hydrogen (secondary N) is 1. The fourth-order valence-electron chi connectivity index (χ4n) is 1.84.